The highest BCUT2D eigenvalue weighted by Gasteiger charge is 2.09. The molecule has 0 aliphatic rings. The van der Waals surface area contributed by atoms with Gasteiger partial charge >= 0.3 is 5.97 Å². The fraction of sp³-hybridized carbons (Fsp3) is 0.429. The first-order valence-corrected chi connectivity index (χ1v) is 10.1. The van der Waals surface area contributed by atoms with E-state index in [0.29, 0.717) is 6.54 Å². The van der Waals surface area contributed by atoms with Crippen LogP contribution in [-0.4, -0.2) is 29.9 Å². The first-order valence-electron chi connectivity index (χ1n) is 9.20. The Morgan fingerprint density at radius 2 is 1.77 bits per heavy atom. The summed E-state index contributed by atoms with van der Waals surface area (Å²) >= 11 is 1.53. The topological polar surface area (TPSA) is 71.0 Å². The lowest BCUT2D eigenvalue weighted by Gasteiger charge is -2.10. The molecule has 2 aromatic rings. The maximum Gasteiger partial charge on any atom is 0.307 e. The molecule has 0 radical (unpaired) electrons. The van der Waals surface area contributed by atoms with Gasteiger partial charge in [0, 0.05) is 0 Å². The predicted molar refractivity (Wildman–Crippen MR) is 107 cm³/mol. The molecule has 26 heavy (non-hydrogen) atoms. The van der Waals surface area contributed by atoms with Crippen LogP contribution in [0.1, 0.15) is 48.3 Å². The van der Waals surface area contributed by atoms with Crippen LogP contribution in [-0.2, 0) is 11.2 Å². The van der Waals surface area contributed by atoms with E-state index in [1.807, 2.05) is 35.7 Å². The molecule has 0 saturated carbocycles. The van der Waals surface area contributed by atoms with E-state index in [4.69, 9.17) is 5.11 Å². The third-order valence-corrected chi connectivity index (χ3v) is 5.17. The number of carboxylic acids is 1. The zero-order valence-corrected chi connectivity index (χ0v) is 16.5. The molecule has 4 nitrogen and oxygen atoms in total. The predicted octanol–water partition coefficient (Wildman–Crippen LogP) is 3.63. The molecule has 5 heteroatoms. The number of rotatable bonds is 10. The van der Waals surface area contributed by atoms with Gasteiger partial charge in [0.25, 0.3) is 0 Å². The van der Waals surface area contributed by atoms with Crippen LogP contribution in [0.15, 0.2) is 47.8 Å². The van der Waals surface area contributed by atoms with Gasteiger partial charge in [-0.2, -0.15) is 0 Å². The zero-order valence-electron chi connectivity index (χ0n) is 15.7. The molecule has 0 aliphatic carbocycles. The van der Waals surface area contributed by atoms with Crippen molar-refractivity contribution in [2.75, 3.05) is 13.1 Å². The summed E-state index contributed by atoms with van der Waals surface area (Å²) in [6, 6.07) is 13.0. The van der Waals surface area contributed by atoms with E-state index in [9.17, 15) is 9.59 Å². The van der Waals surface area contributed by atoms with Crippen LogP contribution in [0.3, 0.4) is 0 Å². The van der Waals surface area contributed by atoms with E-state index < -0.39 is 5.97 Å². The molecule has 2 rings (SSSR count). The van der Waals surface area contributed by atoms with Gasteiger partial charge in [0.1, 0.15) is 6.54 Å². The van der Waals surface area contributed by atoms with E-state index >= 15 is 0 Å². The Labute approximate surface area is 160 Å². The van der Waals surface area contributed by atoms with Crippen molar-refractivity contribution in [3.63, 3.8) is 0 Å². The van der Waals surface area contributed by atoms with Gasteiger partial charge in [0.15, 0.2) is 0 Å². The lowest BCUT2D eigenvalue weighted by molar-refractivity contribution is -0.643. The van der Waals surface area contributed by atoms with Crippen molar-refractivity contribution >= 4 is 23.1 Å². The summed E-state index contributed by atoms with van der Waals surface area (Å²) in [5, 5.41) is 12.5. The van der Waals surface area contributed by atoms with Crippen LogP contribution in [0.4, 0.5) is 0 Å². The Morgan fingerprint density at radius 1 is 1.08 bits per heavy atom. The summed E-state index contributed by atoms with van der Waals surface area (Å²) in [5.74, 6) is 0.304. The van der Waals surface area contributed by atoms with E-state index in [1.54, 1.807) is 12.1 Å². The van der Waals surface area contributed by atoms with Crippen molar-refractivity contribution in [1.29, 1.82) is 0 Å². The molecule has 0 atom stereocenters. The van der Waals surface area contributed by atoms with Gasteiger partial charge in [-0.05, 0) is 29.3 Å². The van der Waals surface area contributed by atoms with Gasteiger partial charge < -0.3 is 10.4 Å². The van der Waals surface area contributed by atoms with Gasteiger partial charge in [-0.15, -0.1) is 11.3 Å². The second-order valence-corrected chi connectivity index (χ2v) is 7.16. The van der Waals surface area contributed by atoms with Gasteiger partial charge in [-0.1, -0.05) is 63.1 Å². The SMILES string of the molecule is CCC(CC)CC[NH2+]CC(=O)c1cccs1.O=C(O)Cc1ccccc1. The largest absolute Gasteiger partial charge is 0.481 e. The Kier molecular flexibility index (Phi) is 11.2. The number of ketones is 1. The van der Waals surface area contributed by atoms with Crippen molar-refractivity contribution in [3.05, 3.63) is 58.3 Å². The summed E-state index contributed by atoms with van der Waals surface area (Å²) in [4.78, 5) is 22.7. The minimum atomic E-state index is -0.786. The van der Waals surface area contributed by atoms with Crippen LogP contribution < -0.4 is 5.32 Å². The average molecular weight is 377 g/mol. The lowest BCUT2D eigenvalue weighted by Crippen LogP contribution is -2.86. The number of quaternary nitrogens is 1. The number of nitrogens with two attached hydrogens (primary N) is 1. The monoisotopic (exact) mass is 376 g/mol. The van der Waals surface area contributed by atoms with Gasteiger partial charge in [0.2, 0.25) is 5.78 Å². The number of Topliss-reactive ketones (excluding diaryl/α,β-unsaturated/α-hetero) is 1. The van der Waals surface area contributed by atoms with Crippen LogP contribution in [0.25, 0.3) is 0 Å². The van der Waals surface area contributed by atoms with E-state index in [2.05, 4.69) is 19.2 Å². The molecule has 1 aromatic heterocycles. The highest BCUT2D eigenvalue weighted by atomic mass is 32.1. The van der Waals surface area contributed by atoms with E-state index in [-0.39, 0.29) is 12.2 Å². The van der Waals surface area contributed by atoms with Gasteiger partial charge in [0.05, 0.1) is 17.8 Å². The maximum absolute atomic E-state index is 11.7. The number of aliphatic carboxylic acids is 1. The van der Waals surface area contributed by atoms with Gasteiger partial charge in [-0.3, -0.25) is 9.59 Å². The number of thiophene rings is 1. The summed E-state index contributed by atoms with van der Waals surface area (Å²) in [6.07, 6.45) is 3.85. The van der Waals surface area contributed by atoms with Gasteiger partial charge in [-0.25, -0.2) is 0 Å². The molecule has 0 bridgehead atoms. The third-order valence-electron chi connectivity index (χ3n) is 4.26. The highest BCUT2D eigenvalue weighted by Crippen LogP contribution is 2.10. The Hall–Kier alpha value is -1.98. The van der Waals surface area contributed by atoms with E-state index in [1.165, 1.54) is 30.6 Å². The molecule has 0 amide bonds. The normalized spacial score (nSPS) is 10.3. The van der Waals surface area contributed by atoms with Crippen LogP contribution in [0, 0.1) is 5.92 Å². The highest BCUT2D eigenvalue weighted by molar-refractivity contribution is 7.12. The zero-order chi connectivity index (χ0) is 19.2. The number of carbonyl (C=O) groups excluding carboxylic acids is 1. The first-order chi connectivity index (χ1) is 12.6. The number of carboxylic acid groups (broad SMARTS) is 1. The fourth-order valence-electron chi connectivity index (χ4n) is 2.59. The molecule has 0 fully saturated rings. The molecule has 1 heterocycles. The van der Waals surface area contributed by atoms with Crippen LogP contribution in [0.5, 0.6) is 0 Å². The fourth-order valence-corrected chi connectivity index (χ4v) is 3.27. The Bertz CT molecular complexity index is 622. The number of hydrogen-bond donors (Lipinski definition) is 2. The number of benzene rings is 1. The Morgan fingerprint density at radius 3 is 2.31 bits per heavy atom. The molecule has 0 spiro atoms. The minimum Gasteiger partial charge on any atom is -0.481 e. The summed E-state index contributed by atoms with van der Waals surface area (Å²) in [7, 11) is 0. The smallest absolute Gasteiger partial charge is 0.307 e. The van der Waals surface area contributed by atoms with Crippen molar-refractivity contribution in [1.82, 2.24) is 0 Å². The second kappa shape index (κ2) is 13.3. The lowest BCUT2D eigenvalue weighted by atomic mass is 10.00. The summed E-state index contributed by atoms with van der Waals surface area (Å²) in [5.41, 5.74) is 0.843. The van der Waals surface area contributed by atoms with Crippen LogP contribution >= 0.6 is 11.3 Å². The Balaban J connectivity index is 0.000000289. The van der Waals surface area contributed by atoms with E-state index in [0.717, 1.165) is 22.9 Å². The molecule has 142 valence electrons. The summed E-state index contributed by atoms with van der Waals surface area (Å²) < 4.78 is 0. The van der Waals surface area contributed by atoms with Crippen molar-refractivity contribution in [3.8, 4) is 0 Å². The number of hydrogen-bond acceptors (Lipinski definition) is 3. The molecule has 3 N–H and O–H groups in total. The third kappa shape index (κ3) is 9.49. The minimum absolute atomic E-state index is 0.112. The molecule has 0 aliphatic heterocycles. The maximum atomic E-state index is 11.7. The molecule has 0 unspecified atom stereocenters. The molecular formula is C21H30NO3S+. The average Bonchev–Trinajstić information content (AvgIpc) is 3.17. The number of carbonyl (C=O) groups is 2. The van der Waals surface area contributed by atoms with Crippen LogP contribution in [0.2, 0.25) is 0 Å². The standard InChI is InChI=1S/C13H21NOS.C8H8O2/c1-3-11(4-2)7-8-14-10-12(15)13-6-5-9-16-13;9-8(10)6-7-4-2-1-3-5-7/h5-6,9,11,14H,3-4,7-8,10H2,1-2H3;1-5H,6H2,(H,9,10)/p+1. The first kappa shape index (κ1) is 22.1. The molecular weight excluding hydrogens is 346 g/mol. The van der Waals surface area contributed by atoms with Crippen molar-refractivity contribution in [2.24, 2.45) is 5.92 Å². The van der Waals surface area contributed by atoms with Crippen molar-refractivity contribution in [2.45, 2.75) is 39.5 Å². The second-order valence-electron chi connectivity index (χ2n) is 6.21. The quantitative estimate of drug-likeness (QED) is 0.491. The summed E-state index contributed by atoms with van der Waals surface area (Å²) in [6.45, 7) is 6.15. The van der Waals surface area contributed by atoms with Crippen molar-refractivity contribution < 1.29 is 20.0 Å². The molecule has 1 aromatic carbocycles. The molecule has 0 saturated heterocycles.